The summed E-state index contributed by atoms with van der Waals surface area (Å²) in [5.74, 6) is 1.09. The van der Waals surface area contributed by atoms with Gasteiger partial charge in [-0.05, 0) is 24.1 Å². The molecule has 1 aromatic heterocycles. The lowest BCUT2D eigenvalue weighted by Crippen LogP contribution is -2.36. The molecule has 0 aromatic carbocycles. The lowest BCUT2D eigenvalue weighted by atomic mass is 10.2. The third-order valence-electron chi connectivity index (χ3n) is 3.39. The molecular formula is C15H23N3O2. The minimum absolute atomic E-state index is 0.122. The van der Waals surface area contributed by atoms with E-state index in [0.29, 0.717) is 13.0 Å². The quantitative estimate of drug-likeness (QED) is 0.860. The summed E-state index contributed by atoms with van der Waals surface area (Å²) in [6.45, 7) is 5.91. The minimum atomic E-state index is 0.122. The van der Waals surface area contributed by atoms with Gasteiger partial charge in [-0.15, -0.1) is 0 Å². The molecule has 110 valence electrons. The van der Waals surface area contributed by atoms with E-state index in [2.05, 4.69) is 22.1 Å². The SMILES string of the molecule is CCCCC(=O)NCc1ccnc(N2CCOCC2)c1. The Hall–Kier alpha value is -1.62. The average Bonchev–Trinajstić information content (AvgIpc) is 2.52. The zero-order chi connectivity index (χ0) is 14.2. The minimum Gasteiger partial charge on any atom is -0.378 e. The van der Waals surface area contributed by atoms with Gasteiger partial charge in [0.2, 0.25) is 5.91 Å². The van der Waals surface area contributed by atoms with E-state index in [-0.39, 0.29) is 5.91 Å². The molecule has 1 amide bonds. The van der Waals surface area contributed by atoms with Crippen molar-refractivity contribution < 1.29 is 9.53 Å². The van der Waals surface area contributed by atoms with Crippen LogP contribution in [0.3, 0.4) is 0 Å². The van der Waals surface area contributed by atoms with E-state index in [0.717, 1.165) is 50.5 Å². The number of anilines is 1. The Morgan fingerprint density at radius 1 is 1.45 bits per heavy atom. The number of morpholine rings is 1. The van der Waals surface area contributed by atoms with Crippen LogP contribution in [0.2, 0.25) is 0 Å². The molecule has 2 heterocycles. The number of rotatable bonds is 6. The Morgan fingerprint density at radius 2 is 2.25 bits per heavy atom. The molecular weight excluding hydrogens is 254 g/mol. The number of unbranched alkanes of at least 4 members (excludes halogenated alkanes) is 1. The maximum atomic E-state index is 11.6. The summed E-state index contributed by atoms with van der Waals surface area (Å²) in [4.78, 5) is 18.2. The van der Waals surface area contributed by atoms with Crippen LogP contribution < -0.4 is 10.2 Å². The van der Waals surface area contributed by atoms with E-state index in [1.54, 1.807) is 6.20 Å². The van der Waals surface area contributed by atoms with Gasteiger partial charge in [0.05, 0.1) is 13.2 Å². The van der Waals surface area contributed by atoms with E-state index in [1.165, 1.54) is 0 Å². The molecule has 1 saturated heterocycles. The van der Waals surface area contributed by atoms with Crippen LogP contribution in [0, 0.1) is 0 Å². The maximum absolute atomic E-state index is 11.6. The van der Waals surface area contributed by atoms with Crippen molar-refractivity contribution in [2.45, 2.75) is 32.7 Å². The number of aromatic nitrogens is 1. The molecule has 0 spiro atoms. The number of amides is 1. The zero-order valence-electron chi connectivity index (χ0n) is 12.1. The predicted octanol–water partition coefficient (Wildman–Crippen LogP) is 1.72. The van der Waals surface area contributed by atoms with Crippen molar-refractivity contribution in [2.75, 3.05) is 31.2 Å². The fourth-order valence-electron chi connectivity index (χ4n) is 2.16. The van der Waals surface area contributed by atoms with Gasteiger partial charge in [0.15, 0.2) is 0 Å². The van der Waals surface area contributed by atoms with Crippen molar-refractivity contribution in [3.63, 3.8) is 0 Å². The van der Waals surface area contributed by atoms with Crippen molar-refractivity contribution in [1.29, 1.82) is 0 Å². The normalized spacial score (nSPS) is 15.2. The maximum Gasteiger partial charge on any atom is 0.220 e. The predicted molar refractivity (Wildman–Crippen MR) is 78.6 cm³/mol. The number of hydrogen-bond acceptors (Lipinski definition) is 4. The molecule has 0 saturated carbocycles. The Labute approximate surface area is 120 Å². The van der Waals surface area contributed by atoms with E-state index in [9.17, 15) is 4.79 Å². The van der Waals surface area contributed by atoms with Crippen molar-refractivity contribution in [3.8, 4) is 0 Å². The lowest BCUT2D eigenvalue weighted by molar-refractivity contribution is -0.121. The number of hydrogen-bond donors (Lipinski definition) is 1. The third kappa shape index (κ3) is 4.49. The van der Waals surface area contributed by atoms with Gasteiger partial charge in [0, 0.05) is 32.3 Å². The molecule has 0 radical (unpaired) electrons. The van der Waals surface area contributed by atoms with Crippen LogP contribution in [0.25, 0.3) is 0 Å². The topological polar surface area (TPSA) is 54.5 Å². The van der Waals surface area contributed by atoms with Crippen LogP contribution in [-0.4, -0.2) is 37.2 Å². The Bertz CT molecular complexity index is 431. The van der Waals surface area contributed by atoms with Gasteiger partial charge in [-0.3, -0.25) is 4.79 Å². The van der Waals surface area contributed by atoms with Crippen molar-refractivity contribution >= 4 is 11.7 Å². The second-order valence-corrected chi connectivity index (χ2v) is 5.00. The zero-order valence-corrected chi connectivity index (χ0v) is 12.1. The molecule has 0 aliphatic carbocycles. The second kappa shape index (κ2) is 7.85. The molecule has 1 aromatic rings. The first-order chi connectivity index (χ1) is 9.79. The number of carbonyl (C=O) groups excluding carboxylic acids is 1. The first-order valence-electron chi connectivity index (χ1n) is 7.34. The number of pyridine rings is 1. The number of nitrogens with one attached hydrogen (secondary N) is 1. The Kier molecular flexibility index (Phi) is 5.80. The number of nitrogens with zero attached hydrogens (tertiary/aromatic N) is 2. The summed E-state index contributed by atoms with van der Waals surface area (Å²) in [6.07, 6.45) is 4.40. The molecule has 2 rings (SSSR count). The molecule has 1 aliphatic rings. The fraction of sp³-hybridized carbons (Fsp3) is 0.600. The summed E-state index contributed by atoms with van der Waals surface area (Å²) >= 11 is 0. The molecule has 1 fully saturated rings. The summed E-state index contributed by atoms with van der Waals surface area (Å²) < 4.78 is 5.34. The highest BCUT2D eigenvalue weighted by atomic mass is 16.5. The number of carbonyl (C=O) groups is 1. The molecule has 5 heteroatoms. The van der Waals surface area contributed by atoms with E-state index >= 15 is 0 Å². The summed E-state index contributed by atoms with van der Waals surface area (Å²) in [5.41, 5.74) is 1.09. The Balaban J connectivity index is 1.87. The van der Waals surface area contributed by atoms with Gasteiger partial charge in [-0.2, -0.15) is 0 Å². The van der Waals surface area contributed by atoms with Gasteiger partial charge in [-0.25, -0.2) is 4.98 Å². The monoisotopic (exact) mass is 277 g/mol. The first-order valence-corrected chi connectivity index (χ1v) is 7.34. The van der Waals surface area contributed by atoms with Crippen LogP contribution in [0.15, 0.2) is 18.3 Å². The van der Waals surface area contributed by atoms with E-state index < -0.39 is 0 Å². The first kappa shape index (κ1) is 14.8. The van der Waals surface area contributed by atoms with Crippen LogP contribution in [0.4, 0.5) is 5.82 Å². The number of ether oxygens (including phenoxy) is 1. The van der Waals surface area contributed by atoms with Gasteiger partial charge < -0.3 is 15.0 Å². The van der Waals surface area contributed by atoms with E-state index in [4.69, 9.17) is 4.74 Å². The Morgan fingerprint density at radius 3 is 3.00 bits per heavy atom. The molecule has 1 N–H and O–H groups in total. The van der Waals surface area contributed by atoms with Gasteiger partial charge in [0.1, 0.15) is 5.82 Å². The second-order valence-electron chi connectivity index (χ2n) is 5.00. The molecule has 0 bridgehead atoms. The fourth-order valence-corrected chi connectivity index (χ4v) is 2.16. The highest BCUT2D eigenvalue weighted by Gasteiger charge is 2.12. The standard InChI is InChI=1S/C15H23N3O2/c1-2-3-4-15(19)17-12-13-5-6-16-14(11-13)18-7-9-20-10-8-18/h5-6,11H,2-4,7-10,12H2,1H3,(H,17,19). The largest absolute Gasteiger partial charge is 0.378 e. The molecule has 5 nitrogen and oxygen atoms in total. The summed E-state index contributed by atoms with van der Waals surface area (Å²) in [7, 11) is 0. The van der Waals surface area contributed by atoms with Crippen molar-refractivity contribution in [3.05, 3.63) is 23.9 Å². The highest BCUT2D eigenvalue weighted by Crippen LogP contribution is 2.14. The molecule has 0 atom stereocenters. The lowest BCUT2D eigenvalue weighted by Gasteiger charge is -2.28. The van der Waals surface area contributed by atoms with Crippen LogP contribution in [-0.2, 0) is 16.1 Å². The van der Waals surface area contributed by atoms with Crippen LogP contribution in [0.1, 0.15) is 31.7 Å². The van der Waals surface area contributed by atoms with Crippen molar-refractivity contribution in [2.24, 2.45) is 0 Å². The van der Waals surface area contributed by atoms with Crippen LogP contribution in [0.5, 0.6) is 0 Å². The molecule has 0 unspecified atom stereocenters. The molecule has 20 heavy (non-hydrogen) atoms. The van der Waals surface area contributed by atoms with Crippen molar-refractivity contribution in [1.82, 2.24) is 10.3 Å². The van der Waals surface area contributed by atoms with Gasteiger partial charge >= 0.3 is 0 Å². The highest BCUT2D eigenvalue weighted by molar-refractivity contribution is 5.75. The van der Waals surface area contributed by atoms with Gasteiger partial charge in [-0.1, -0.05) is 13.3 Å². The van der Waals surface area contributed by atoms with Gasteiger partial charge in [0.25, 0.3) is 0 Å². The van der Waals surface area contributed by atoms with E-state index in [1.807, 2.05) is 12.1 Å². The average molecular weight is 277 g/mol. The third-order valence-corrected chi connectivity index (χ3v) is 3.39. The molecule has 1 aliphatic heterocycles. The van der Waals surface area contributed by atoms with Crippen LogP contribution >= 0.6 is 0 Å². The smallest absolute Gasteiger partial charge is 0.220 e. The summed E-state index contributed by atoms with van der Waals surface area (Å²) in [5, 5.41) is 2.95. The summed E-state index contributed by atoms with van der Waals surface area (Å²) in [6, 6.07) is 4.00.